The minimum Gasteiger partial charge on any atom is -0.255 e. The van der Waals surface area contributed by atoms with Gasteiger partial charge in [0.1, 0.15) is 0 Å². The molecule has 0 saturated heterocycles. The first-order chi connectivity index (χ1) is 8.01. The van der Waals surface area contributed by atoms with Crippen LogP contribution in [0.2, 0.25) is 0 Å². The number of nitrogens with zero attached hydrogens (tertiary/aromatic N) is 1. The molecule has 17 heavy (non-hydrogen) atoms. The summed E-state index contributed by atoms with van der Waals surface area (Å²) in [5.74, 6) is 0. The number of thioether (sulfide) groups is 2. The topological polar surface area (TPSA) is 12.9 Å². The minimum atomic E-state index is 0.217. The molecule has 0 amide bonds. The van der Waals surface area contributed by atoms with Gasteiger partial charge in [-0.15, -0.1) is 23.5 Å². The van der Waals surface area contributed by atoms with Crippen molar-refractivity contribution >= 4 is 34.4 Å². The maximum absolute atomic E-state index is 4.51. The summed E-state index contributed by atoms with van der Waals surface area (Å²) in [5, 5.41) is 1.26. The van der Waals surface area contributed by atoms with Crippen LogP contribution in [0.25, 0.3) is 10.9 Å². The van der Waals surface area contributed by atoms with Gasteiger partial charge in [0, 0.05) is 26.1 Å². The van der Waals surface area contributed by atoms with E-state index >= 15 is 0 Å². The lowest BCUT2D eigenvalue weighted by Gasteiger charge is -2.20. The molecule has 1 aromatic heterocycles. The van der Waals surface area contributed by atoms with Gasteiger partial charge in [-0.3, -0.25) is 4.98 Å². The first-order valence-corrected chi connectivity index (χ1v) is 7.66. The molecule has 0 bridgehead atoms. The lowest BCUT2D eigenvalue weighted by Crippen LogP contribution is -2.07. The third kappa shape index (κ3) is 2.96. The molecule has 0 fully saturated rings. The van der Waals surface area contributed by atoms with E-state index in [1.807, 2.05) is 24.0 Å². The molecule has 0 N–H and O–H groups in total. The fourth-order valence-electron chi connectivity index (χ4n) is 1.65. The first kappa shape index (κ1) is 12.8. The molecule has 3 heteroatoms. The molecule has 1 aromatic carbocycles. The van der Waals surface area contributed by atoms with Gasteiger partial charge in [0.2, 0.25) is 0 Å². The van der Waals surface area contributed by atoms with Gasteiger partial charge in [-0.05, 0) is 12.3 Å². The van der Waals surface area contributed by atoms with E-state index in [9.17, 15) is 0 Å². The molecule has 0 saturated carbocycles. The van der Waals surface area contributed by atoms with E-state index in [0.29, 0.717) is 0 Å². The number of benzene rings is 1. The predicted molar refractivity (Wildman–Crippen MR) is 79.1 cm³/mol. The Bertz CT molecular complexity index is 529. The Morgan fingerprint density at radius 2 is 1.82 bits per heavy atom. The molecule has 0 spiro atoms. The predicted octanol–water partition coefficient (Wildman–Crippen LogP) is 4.85. The number of rotatable bonds is 2. The maximum atomic E-state index is 4.51. The molecular formula is C14H17NS2. The molecule has 2 aromatic rings. The van der Waals surface area contributed by atoms with Gasteiger partial charge in [-0.1, -0.05) is 39.0 Å². The lowest BCUT2D eigenvalue weighted by atomic mass is 10.2. The fourth-order valence-corrected chi connectivity index (χ4v) is 3.53. The summed E-state index contributed by atoms with van der Waals surface area (Å²) in [6.45, 7) is 6.74. The first-order valence-electron chi connectivity index (χ1n) is 5.62. The normalized spacial score (nSPS) is 12.0. The van der Waals surface area contributed by atoms with Gasteiger partial charge < -0.3 is 0 Å². The minimum absolute atomic E-state index is 0.217. The van der Waals surface area contributed by atoms with Gasteiger partial charge in [-0.25, -0.2) is 0 Å². The Balaban J connectivity index is 2.63. The zero-order valence-corrected chi connectivity index (χ0v) is 12.3. The lowest BCUT2D eigenvalue weighted by molar-refractivity contribution is 0.801. The molecule has 0 radical (unpaired) electrons. The number of fused-ring (bicyclic) bond motifs is 1. The molecule has 0 atom stereocenters. The second kappa shape index (κ2) is 4.91. The van der Waals surface area contributed by atoms with Crippen LogP contribution in [0.5, 0.6) is 0 Å². The van der Waals surface area contributed by atoms with Crippen molar-refractivity contribution in [3.63, 3.8) is 0 Å². The standard InChI is InChI=1S/C14H17NS2/c1-14(2,3)17-13-10-7-5-6-8-11(10)15-9-12(13)16-4/h5-9H,1-4H3. The number of aromatic nitrogens is 1. The SMILES string of the molecule is CSc1cnc2ccccc2c1SC(C)(C)C. The van der Waals surface area contributed by atoms with Crippen LogP contribution in [0.3, 0.4) is 0 Å². The van der Waals surface area contributed by atoms with Crippen LogP contribution in [0.4, 0.5) is 0 Å². The van der Waals surface area contributed by atoms with Gasteiger partial charge in [0.15, 0.2) is 0 Å². The third-order valence-corrected chi connectivity index (χ3v) is 4.46. The zero-order chi connectivity index (χ0) is 12.5. The Morgan fingerprint density at radius 3 is 2.47 bits per heavy atom. The Hall–Kier alpha value is -0.670. The van der Waals surface area contributed by atoms with Crippen molar-refractivity contribution in [3.8, 4) is 0 Å². The van der Waals surface area contributed by atoms with Crippen molar-refractivity contribution in [2.75, 3.05) is 6.26 Å². The number of hydrogen-bond acceptors (Lipinski definition) is 3. The van der Waals surface area contributed by atoms with Gasteiger partial charge in [0.25, 0.3) is 0 Å². The molecule has 90 valence electrons. The largest absolute Gasteiger partial charge is 0.255 e. The van der Waals surface area contributed by atoms with E-state index in [1.54, 1.807) is 11.8 Å². The quantitative estimate of drug-likeness (QED) is 0.719. The Labute approximate surface area is 111 Å². The second-order valence-corrected chi connectivity index (χ2v) is 7.57. The second-order valence-electron chi connectivity index (χ2n) is 4.89. The van der Waals surface area contributed by atoms with Crippen molar-refractivity contribution in [1.29, 1.82) is 0 Å². The highest BCUT2D eigenvalue weighted by atomic mass is 32.2. The van der Waals surface area contributed by atoms with Crippen molar-refractivity contribution in [2.24, 2.45) is 0 Å². The molecule has 0 aliphatic heterocycles. The summed E-state index contributed by atoms with van der Waals surface area (Å²) >= 11 is 3.69. The monoisotopic (exact) mass is 263 g/mol. The number of pyridine rings is 1. The fraction of sp³-hybridized carbons (Fsp3) is 0.357. The molecule has 0 aliphatic carbocycles. The average Bonchev–Trinajstić information content (AvgIpc) is 2.28. The summed E-state index contributed by atoms with van der Waals surface area (Å²) in [6, 6.07) is 8.36. The molecular weight excluding hydrogens is 246 g/mol. The van der Waals surface area contributed by atoms with E-state index in [4.69, 9.17) is 0 Å². The van der Waals surface area contributed by atoms with Crippen LogP contribution >= 0.6 is 23.5 Å². The van der Waals surface area contributed by atoms with Crippen molar-refractivity contribution in [3.05, 3.63) is 30.5 Å². The molecule has 1 nitrogen and oxygen atoms in total. The van der Waals surface area contributed by atoms with Crippen LogP contribution in [0, 0.1) is 0 Å². The van der Waals surface area contributed by atoms with Crippen molar-refractivity contribution < 1.29 is 0 Å². The average molecular weight is 263 g/mol. The summed E-state index contributed by atoms with van der Waals surface area (Å²) in [5.41, 5.74) is 1.08. The Kier molecular flexibility index (Phi) is 3.69. The van der Waals surface area contributed by atoms with Crippen molar-refractivity contribution in [1.82, 2.24) is 4.98 Å². The van der Waals surface area contributed by atoms with Crippen LogP contribution in [-0.2, 0) is 0 Å². The summed E-state index contributed by atoms with van der Waals surface area (Å²) in [4.78, 5) is 7.13. The van der Waals surface area contributed by atoms with Crippen LogP contribution < -0.4 is 0 Å². The number of para-hydroxylation sites is 1. The van der Waals surface area contributed by atoms with Crippen LogP contribution in [0.15, 0.2) is 40.3 Å². The smallest absolute Gasteiger partial charge is 0.0714 e. The summed E-state index contributed by atoms with van der Waals surface area (Å²) < 4.78 is 0.217. The molecule has 1 heterocycles. The maximum Gasteiger partial charge on any atom is 0.0714 e. The van der Waals surface area contributed by atoms with Gasteiger partial charge in [0.05, 0.1) is 5.52 Å². The summed E-state index contributed by atoms with van der Waals surface area (Å²) in [6.07, 6.45) is 4.10. The zero-order valence-electron chi connectivity index (χ0n) is 10.7. The molecule has 0 unspecified atom stereocenters. The van der Waals surface area contributed by atoms with Crippen LogP contribution in [-0.4, -0.2) is 16.0 Å². The Morgan fingerprint density at radius 1 is 1.12 bits per heavy atom. The summed E-state index contributed by atoms with van der Waals surface area (Å²) in [7, 11) is 0. The highest BCUT2D eigenvalue weighted by Gasteiger charge is 2.17. The van der Waals surface area contributed by atoms with E-state index in [-0.39, 0.29) is 4.75 Å². The van der Waals surface area contributed by atoms with Gasteiger partial charge >= 0.3 is 0 Å². The van der Waals surface area contributed by atoms with Gasteiger partial charge in [-0.2, -0.15) is 0 Å². The van der Waals surface area contributed by atoms with Crippen LogP contribution in [0.1, 0.15) is 20.8 Å². The third-order valence-electron chi connectivity index (χ3n) is 2.32. The van der Waals surface area contributed by atoms with E-state index in [1.165, 1.54) is 15.2 Å². The van der Waals surface area contributed by atoms with Crippen molar-refractivity contribution in [2.45, 2.75) is 35.3 Å². The molecule has 2 rings (SSSR count). The van der Waals surface area contributed by atoms with E-state index in [0.717, 1.165) is 5.52 Å². The van der Waals surface area contributed by atoms with E-state index in [2.05, 4.69) is 50.2 Å². The van der Waals surface area contributed by atoms with E-state index < -0.39 is 0 Å². The number of hydrogen-bond donors (Lipinski definition) is 0. The highest BCUT2D eigenvalue weighted by molar-refractivity contribution is 8.03. The molecule has 0 aliphatic rings. The highest BCUT2D eigenvalue weighted by Crippen LogP contribution is 2.41.